The van der Waals surface area contributed by atoms with Crippen molar-refractivity contribution in [3.8, 4) is 0 Å². The fourth-order valence-electron chi connectivity index (χ4n) is 2.14. The smallest absolute Gasteiger partial charge is 0.217 e. The second-order valence-electron chi connectivity index (χ2n) is 4.94. The van der Waals surface area contributed by atoms with Crippen molar-refractivity contribution >= 4 is 10.9 Å². The zero-order valence-electron chi connectivity index (χ0n) is 9.48. The Bertz CT molecular complexity index is 506. The van der Waals surface area contributed by atoms with Crippen LogP contribution in [0.2, 0.25) is 0 Å². The number of halogens is 1. The molecule has 2 aromatic rings. The van der Waals surface area contributed by atoms with Crippen LogP contribution in [0.15, 0.2) is 12.1 Å². The Morgan fingerprint density at radius 2 is 1.93 bits per heavy atom. The first-order valence-corrected chi connectivity index (χ1v) is 5.05. The molecule has 0 radical (unpaired) electrons. The number of hydrogen-bond acceptors (Lipinski definition) is 1. The van der Waals surface area contributed by atoms with Crippen LogP contribution in [-0.2, 0) is 5.41 Å². The second kappa shape index (κ2) is 3.05. The van der Waals surface area contributed by atoms with Crippen LogP contribution in [0.3, 0.4) is 0 Å². The number of hydrogen-bond donors (Lipinski definition) is 1. The van der Waals surface area contributed by atoms with Gasteiger partial charge in [0.05, 0.1) is 10.9 Å². The molecule has 1 aromatic carbocycles. The molecule has 0 saturated heterocycles. The molecule has 2 rings (SSSR count). The van der Waals surface area contributed by atoms with E-state index in [1.165, 1.54) is 0 Å². The Morgan fingerprint density at radius 3 is 2.53 bits per heavy atom. The van der Waals surface area contributed by atoms with Crippen molar-refractivity contribution in [2.24, 2.45) is 0 Å². The zero-order chi connectivity index (χ0) is 11.2. The van der Waals surface area contributed by atoms with Gasteiger partial charge in [0.15, 0.2) is 0 Å². The van der Waals surface area contributed by atoms with E-state index in [9.17, 15) is 4.39 Å². The summed E-state index contributed by atoms with van der Waals surface area (Å²) in [5, 5.41) is 6.96. The molecule has 2 nitrogen and oxygen atoms in total. The van der Waals surface area contributed by atoms with Crippen molar-refractivity contribution in [1.82, 2.24) is 10.2 Å². The molecule has 1 heterocycles. The summed E-state index contributed by atoms with van der Waals surface area (Å²) in [7, 11) is 0. The number of fused-ring (bicyclic) bond motifs is 1. The molecule has 1 N–H and O–H groups in total. The number of rotatable bonds is 0. The van der Waals surface area contributed by atoms with Crippen molar-refractivity contribution < 1.29 is 4.39 Å². The van der Waals surface area contributed by atoms with E-state index in [-0.39, 0.29) is 11.4 Å². The lowest BCUT2D eigenvalue weighted by atomic mass is 9.82. The molecular weight excluding hydrogens is 191 g/mol. The highest BCUT2D eigenvalue weighted by Crippen LogP contribution is 2.33. The average Bonchev–Trinajstić information content (AvgIpc) is 2.46. The maximum atomic E-state index is 13.6. The molecule has 0 aliphatic heterocycles. The van der Waals surface area contributed by atoms with E-state index in [0.717, 1.165) is 11.1 Å². The van der Waals surface area contributed by atoms with E-state index in [0.29, 0.717) is 10.9 Å². The standard InChI is InChI=1S/C12H15FN2/c1-7-5-6-8-9(11(13)15-14-8)10(7)12(2,3)4/h5-6H,1-4H3,(H,14,15). The molecule has 0 amide bonds. The summed E-state index contributed by atoms with van der Waals surface area (Å²) >= 11 is 0. The van der Waals surface area contributed by atoms with Gasteiger partial charge in [0.2, 0.25) is 5.95 Å². The van der Waals surface area contributed by atoms with Gasteiger partial charge < -0.3 is 0 Å². The number of aryl methyl sites for hydroxylation is 1. The van der Waals surface area contributed by atoms with Gasteiger partial charge in [-0.1, -0.05) is 26.8 Å². The van der Waals surface area contributed by atoms with E-state index < -0.39 is 0 Å². The van der Waals surface area contributed by atoms with Crippen LogP contribution < -0.4 is 0 Å². The fourth-order valence-corrected chi connectivity index (χ4v) is 2.14. The number of aromatic amines is 1. The van der Waals surface area contributed by atoms with Gasteiger partial charge in [0, 0.05) is 0 Å². The molecular formula is C12H15FN2. The largest absolute Gasteiger partial charge is 0.252 e. The van der Waals surface area contributed by atoms with Crippen LogP contribution in [0.4, 0.5) is 4.39 Å². The Hall–Kier alpha value is -1.38. The predicted molar refractivity (Wildman–Crippen MR) is 59.5 cm³/mol. The number of nitrogens with one attached hydrogen (secondary N) is 1. The average molecular weight is 206 g/mol. The molecule has 0 unspecified atom stereocenters. The van der Waals surface area contributed by atoms with Crippen LogP contribution in [-0.4, -0.2) is 10.2 Å². The summed E-state index contributed by atoms with van der Waals surface area (Å²) in [6.07, 6.45) is 0. The van der Waals surface area contributed by atoms with Gasteiger partial charge in [0.25, 0.3) is 0 Å². The van der Waals surface area contributed by atoms with Crippen LogP contribution in [0.1, 0.15) is 31.9 Å². The van der Waals surface area contributed by atoms with Crippen molar-refractivity contribution in [2.75, 3.05) is 0 Å². The minimum Gasteiger partial charge on any atom is -0.252 e. The second-order valence-corrected chi connectivity index (χ2v) is 4.94. The van der Waals surface area contributed by atoms with Crippen LogP contribution in [0, 0.1) is 12.9 Å². The summed E-state index contributed by atoms with van der Waals surface area (Å²) in [4.78, 5) is 0. The summed E-state index contributed by atoms with van der Waals surface area (Å²) in [6, 6.07) is 3.84. The molecule has 0 bridgehead atoms. The molecule has 3 heteroatoms. The van der Waals surface area contributed by atoms with Gasteiger partial charge in [-0.2, -0.15) is 9.49 Å². The monoisotopic (exact) mass is 206 g/mol. The van der Waals surface area contributed by atoms with Gasteiger partial charge in [0.1, 0.15) is 0 Å². The topological polar surface area (TPSA) is 28.7 Å². The number of benzene rings is 1. The fraction of sp³-hybridized carbons (Fsp3) is 0.417. The number of nitrogens with zero attached hydrogens (tertiary/aromatic N) is 1. The lowest BCUT2D eigenvalue weighted by molar-refractivity contribution is 0.569. The molecule has 80 valence electrons. The molecule has 0 atom stereocenters. The third-order valence-corrected chi connectivity index (χ3v) is 2.64. The molecule has 0 spiro atoms. The van der Waals surface area contributed by atoms with Crippen molar-refractivity contribution in [3.63, 3.8) is 0 Å². The number of aromatic nitrogens is 2. The van der Waals surface area contributed by atoms with E-state index in [1.54, 1.807) is 0 Å². The maximum Gasteiger partial charge on any atom is 0.217 e. The first-order chi connectivity index (χ1) is 6.91. The normalized spacial score (nSPS) is 12.3. The minimum atomic E-state index is -0.335. The zero-order valence-corrected chi connectivity index (χ0v) is 9.48. The molecule has 0 fully saturated rings. The quantitative estimate of drug-likeness (QED) is 0.703. The Balaban J connectivity index is 2.90. The third-order valence-electron chi connectivity index (χ3n) is 2.64. The van der Waals surface area contributed by atoms with Crippen molar-refractivity contribution in [2.45, 2.75) is 33.1 Å². The highest BCUT2D eigenvalue weighted by atomic mass is 19.1. The van der Waals surface area contributed by atoms with E-state index in [2.05, 4.69) is 31.0 Å². The van der Waals surface area contributed by atoms with Gasteiger partial charge in [-0.3, -0.25) is 5.10 Å². The minimum absolute atomic E-state index is 0.0751. The van der Waals surface area contributed by atoms with E-state index >= 15 is 0 Å². The number of H-pyrrole nitrogens is 1. The summed E-state index contributed by atoms with van der Waals surface area (Å²) in [5.41, 5.74) is 2.76. The maximum absolute atomic E-state index is 13.6. The summed E-state index contributed by atoms with van der Waals surface area (Å²) in [6.45, 7) is 8.26. The molecule has 0 saturated carbocycles. The van der Waals surface area contributed by atoms with Crippen molar-refractivity contribution in [1.29, 1.82) is 0 Å². The van der Waals surface area contributed by atoms with Gasteiger partial charge >= 0.3 is 0 Å². The molecule has 0 aliphatic rings. The summed E-state index contributed by atoms with van der Waals surface area (Å²) < 4.78 is 13.6. The highest BCUT2D eigenvalue weighted by molar-refractivity contribution is 5.84. The van der Waals surface area contributed by atoms with Crippen LogP contribution >= 0.6 is 0 Å². The molecule has 1 aromatic heterocycles. The first-order valence-electron chi connectivity index (χ1n) is 5.05. The SMILES string of the molecule is Cc1ccc2n[nH]c(F)c2c1C(C)(C)C. The van der Waals surface area contributed by atoms with Gasteiger partial charge in [-0.15, -0.1) is 0 Å². The Kier molecular flexibility index (Phi) is 2.07. The molecule has 0 aliphatic carbocycles. The lowest BCUT2D eigenvalue weighted by Gasteiger charge is -2.22. The van der Waals surface area contributed by atoms with E-state index in [1.807, 2.05) is 19.1 Å². The lowest BCUT2D eigenvalue weighted by Crippen LogP contribution is -2.13. The van der Waals surface area contributed by atoms with Gasteiger partial charge in [-0.05, 0) is 29.5 Å². The Morgan fingerprint density at radius 1 is 1.27 bits per heavy atom. The van der Waals surface area contributed by atoms with Crippen LogP contribution in [0.25, 0.3) is 10.9 Å². The highest BCUT2D eigenvalue weighted by Gasteiger charge is 2.22. The van der Waals surface area contributed by atoms with Crippen molar-refractivity contribution in [3.05, 3.63) is 29.2 Å². The van der Waals surface area contributed by atoms with E-state index in [4.69, 9.17) is 0 Å². The third kappa shape index (κ3) is 1.52. The first kappa shape index (κ1) is 10.1. The summed E-state index contributed by atoms with van der Waals surface area (Å²) in [5.74, 6) is -0.335. The Labute approximate surface area is 88.5 Å². The predicted octanol–water partition coefficient (Wildman–Crippen LogP) is 3.31. The van der Waals surface area contributed by atoms with Gasteiger partial charge in [-0.25, -0.2) is 0 Å². The molecule has 15 heavy (non-hydrogen) atoms. The van der Waals surface area contributed by atoms with Crippen LogP contribution in [0.5, 0.6) is 0 Å².